The third-order valence-electron chi connectivity index (χ3n) is 3.14. The Morgan fingerprint density at radius 2 is 2.15 bits per heavy atom. The fourth-order valence-corrected chi connectivity index (χ4v) is 2.14. The number of methoxy groups -OCH3 is 1. The largest absolute Gasteiger partial charge is 0.497 e. The van der Waals surface area contributed by atoms with E-state index in [9.17, 15) is 0 Å². The summed E-state index contributed by atoms with van der Waals surface area (Å²) in [6.45, 7) is 0.590. The van der Waals surface area contributed by atoms with Crippen LogP contribution in [0.5, 0.6) is 5.75 Å². The van der Waals surface area contributed by atoms with E-state index in [1.54, 1.807) is 11.6 Å². The molecule has 1 aromatic carbocycles. The minimum atomic E-state index is 0.590. The summed E-state index contributed by atoms with van der Waals surface area (Å²) in [5, 5.41) is 4.58. The maximum Gasteiger partial charge on any atom is 0.153 e. The SMILES string of the molecule is COc1cccc(-c2ccc3nc(CCN)cn3n2)c1. The molecule has 2 heterocycles. The van der Waals surface area contributed by atoms with Crippen LogP contribution in [0.15, 0.2) is 42.6 Å². The van der Waals surface area contributed by atoms with Gasteiger partial charge < -0.3 is 10.5 Å². The number of benzene rings is 1. The first-order valence-electron chi connectivity index (χ1n) is 6.50. The maximum absolute atomic E-state index is 5.55. The first-order chi connectivity index (χ1) is 9.80. The summed E-state index contributed by atoms with van der Waals surface area (Å²) in [6, 6.07) is 11.8. The average Bonchev–Trinajstić information content (AvgIpc) is 2.89. The molecule has 3 rings (SSSR count). The van der Waals surface area contributed by atoms with Gasteiger partial charge in [0.1, 0.15) is 5.75 Å². The minimum Gasteiger partial charge on any atom is -0.497 e. The Labute approximate surface area is 117 Å². The highest BCUT2D eigenvalue weighted by Crippen LogP contribution is 2.22. The molecule has 2 aromatic heterocycles. The predicted octanol–water partition coefficient (Wildman–Crippen LogP) is 1.91. The fraction of sp³-hybridized carbons (Fsp3) is 0.200. The number of rotatable bonds is 4. The molecular formula is C15H16N4O. The second kappa shape index (κ2) is 5.30. The first kappa shape index (κ1) is 12.6. The highest BCUT2D eigenvalue weighted by atomic mass is 16.5. The third-order valence-corrected chi connectivity index (χ3v) is 3.14. The number of nitrogens with two attached hydrogens (primary N) is 1. The zero-order chi connectivity index (χ0) is 13.9. The molecule has 5 nitrogen and oxygen atoms in total. The fourth-order valence-electron chi connectivity index (χ4n) is 2.14. The van der Waals surface area contributed by atoms with E-state index < -0.39 is 0 Å². The Kier molecular flexibility index (Phi) is 3.35. The van der Waals surface area contributed by atoms with Crippen LogP contribution in [0.25, 0.3) is 16.9 Å². The standard InChI is InChI=1S/C15H16N4O/c1-20-13-4-2-3-11(9-13)14-5-6-15-17-12(7-8-16)10-19(15)18-14/h2-6,9-10H,7-8,16H2,1H3. The van der Waals surface area contributed by atoms with Crippen LogP contribution in [0.2, 0.25) is 0 Å². The van der Waals surface area contributed by atoms with Crippen LogP contribution < -0.4 is 10.5 Å². The van der Waals surface area contributed by atoms with Crippen LogP contribution in [0.1, 0.15) is 5.69 Å². The van der Waals surface area contributed by atoms with E-state index in [-0.39, 0.29) is 0 Å². The van der Waals surface area contributed by atoms with Crippen molar-refractivity contribution in [2.45, 2.75) is 6.42 Å². The van der Waals surface area contributed by atoms with Crippen molar-refractivity contribution < 1.29 is 4.74 Å². The van der Waals surface area contributed by atoms with Gasteiger partial charge in [-0.05, 0) is 30.8 Å². The Morgan fingerprint density at radius 1 is 1.25 bits per heavy atom. The molecule has 0 aliphatic rings. The van der Waals surface area contributed by atoms with Crippen LogP contribution in [0.3, 0.4) is 0 Å². The molecule has 0 bridgehead atoms. The molecule has 0 fully saturated rings. The lowest BCUT2D eigenvalue weighted by atomic mass is 10.1. The van der Waals surface area contributed by atoms with Gasteiger partial charge in [-0.3, -0.25) is 0 Å². The summed E-state index contributed by atoms with van der Waals surface area (Å²) >= 11 is 0. The van der Waals surface area contributed by atoms with Crippen molar-refractivity contribution in [1.82, 2.24) is 14.6 Å². The van der Waals surface area contributed by atoms with Crippen LogP contribution in [0, 0.1) is 0 Å². The zero-order valence-corrected chi connectivity index (χ0v) is 11.3. The van der Waals surface area contributed by atoms with Crippen LogP contribution in [-0.2, 0) is 6.42 Å². The number of aromatic nitrogens is 3. The summed E-state index contributed by atoms with van der Waals surface area (Å²) < 4.78 is 7.03. The van der Waals surface area contributed by atoms with Gasteiger partial charge in [0.2, 0.25) is 0 Å². The zero-order valence-electron chi connectivity index (χ0n) is 11.3. The van der Waals surface area contributed by atoms with Crippen molar-refractivity contribution in [2.24, 2.45) is 5.73 Å². The topological polar surface area (TPSA) is 65.4 Å². The summed E-state index contributed by atoms with van der Waals surface area (Å²) in [7, 11) is 1.66. The summed E-state index contributed by atoms with van der Waals surface area (Å²) in [5.41, 5.74) is 9.24. The summed E-state index contributed by atoms with van der Waals surface area (Å²) in [4.78, 5) is 4.47. The molecule has 0 aliphatic carbocycles. The molecule has 20 heavy (non-hydrogen) atoms. The van der Waals surface area contributed by atoms with Crippen molar-refractivity contribution in [3.63, 3.8) is 0 Å². The second-order valence-electron chi connectivity index (χ2n) is 4.52. The van der Waals surface area contributed by atoms with E-state index in [2.05, 4.69) is 10.1 Å². The first-order valence-corrected chi connectivity index (χ1v) is 6.50. The Balaban J connectivity index is 2.03. The van der Waals surface area contributed by atoms with Gasteiger partial charge in [0.15, 0.2) is 5.65 Å². The van der Waals surface area contributed by atoms with Gasteiger partial charge in [-0.2, -0.15) is 5.10 Å². The van der Waals surface area contributed by atoms with Gasteiger partial charge in [0.05, 0.1) is 24.7 Å². The van der Waals surface area contributed by atoms with Crippen molar-refractivity contribution in [3.8, 4) is 17.0 Å². The van der Waals surface area contributed by atoms with Crippen molar-refractivity contribution in [1.29, 1.82) is 0 Å². The van der Waals surface area contributed by atoms with Crippen LogP contribution in [0.4, 0.5) is 0 Å². The lowest BCUT2D eigenvalue weighted by Crippen LogP contribution is -2.02. The second-order valence-corrected chi connectivity index (χ2v) is 4.52. The highest BCUT2D eigenvalue weighted by molar-refractivity contribution is 5.62. The van der Waals surface area contributed by atoms with Crippen molar-refractivity contribution in [3.05, 3.63) is 48.3 Å². The molecule has 0 spiro atoms. The number of hydrogen-bond acceptors (Lipinski definition) is 4. The van der Waals surface area contributed by atoms with Crippen molar-refractivity contribution >= 4 is 5.65 Å². The monoisotopic (exact) mass is 268 g/mol. The molecule has 0 unspecified atom stereocenters. The number of fused-ring (bicyclic) bond motifs is 1. The van der Waals surface area contributed by atoms with Crippen LogP contribution in [-0.4, -0.2) is 28.3 Å². The quantitative estimate of drug-likeness (QED) is 0.785. The van der Waals surface area contributed by atoms with E-state index in [0.29, 0.717) is 6.54 Å². The van der Waals surface area contributed by atoms with Gasteiger partial charge in [-0.1, -0.05) is 12.1 Å². The van der Waals surface area contributed by atoms with Gasteiger partial charge in [-0.25, -0.2) is 9.50 Å². The molecule has 0 saturated carbocycles. The average molecular weight is 268 g/mol. The van der Waals surface area contributed by atoms with E-state index in [1.807, 2.05) is 42.6 Å². The van der Waals surface area contributed by atoms with Crippen molar-refractivity contribution in [2.75, 3.05) is 13.7 Å². The maximum atomic E-state index is 5.55. The van der Waals surface area contributed by atoms with Gasteiger partial charge in [0.25, 0.3) is 0 Å². The minimum absolute atomic E-state index is 0.590. The number of ether oxygens (including phenoxy) is 1. The van der Waals surface area contributed by atoms with E-state index >= 15 is 0 Å². The van der Waals surface area contributed by atoms with Gasteiger partial charge in [0, 0.05) is 12.0 Å². The molecule has 0 saturated heterocycles. The number of imidazole rings is 1. The molecule has 0 radical (unpaired) electrons. The lowest BCUT2D eigenvalue weighted by Gasteiger charge is -2.04. The molecule has 3 aromatic rings. The molecule has 0 amide bonds. The van der Waals surface area contributed by atoms with E-state index in [1.165, 1.54) is 0 Å². The molecular weight excluding hydrogens is 252 g/mol. The van der Waals surface area contributed by atoms with Gasteiger partial charge in [-0.15, -0.1) is 0 Å². The highest BCUT2D eigenvalue weighted by Gasteiger charge is 2.05. The Morgan fingerprint density at radius 3 is 2.95 bits per heavy atom. The van der Waals surface area contributed by atoms with E-state index in [0.717, 1.165) is 34.8 Å². The van der Waals surface area contributed by atoms with Crippen LogP contribution >= 0.6 is 0 Å². The lowest BCUT2D eigenvalue weighted by molar-refractivity contribution is 0.415. The molecule has 0 aliphatic heterocycles. The molecule has 0 atom stereocenters. The molecule has 2 N–H and O–H groups in total. The number of nitrogens with zero attached hydrogens (tertiary/aromatic N) is 3. The van der Waals surface area contributed by atoms with Gasteiger partial charge >= 0.3 is 0 Å². The Bertz CT molecular complexity index is 736. The molecule has 102 valence electrons. The Hall–Kier alpha value is -2.40. The summed E-state index contributed by atoms with van der Waals surface area (Å²) in [5.74, 6) is 0.818. The molecule has 5 heteroatoms. The number of hydrogen-bond donors (Lipinski definition) is 1. The normalized spacial score (nSPS) is 10.9. The smallest absolute Gasteiger partial charge is 0.153 e. The third kappa shape index (κ3) is 2.35. The van der Waals surface area contributed by atoms with E-state index in [4.69, 9.17) is 10.5 Å². The summed E-state index contributed by atoms with van der Waals surface area (Å²) in [6.07, 6.45) is 2.68. The predicted molar refractivity (Wildman–Crippen MR) is 77.7 cm³/mol.